The first kappa shape index (κ1) is 11.1. The molecule has 0 amide bonds. The maximum absolute atomic E-state index is 10.6. The smallest absolute Gasteiger partial charge is 0.348 e. The fourth-order valence-corrected chi connectivity index (χ4v) is 0.943. The fraction of sp³-hybridized carbons (Fsp3) is 0.125. The van der Waals surface area contributed by atoms with E-state index in [-0.39, 0.29) is 6.47 Å². The van der Waals surface area contributed by atoms with E-state index in [1.165, 1.54) is 12.1 Å². The van der Waals surface area contributed by atoms with Gasteiger partial charge in [-0.2, -0.15) is 4.84 Å². The molecule has 1 rings (SSSR count). The fourth-order valence-electron chi connectivity index (χ4n) is 0.943. The Morgan fingerprint density at radius 2 is 2.07 bits per heavy atom. The van der Waals surface area contributed by atoms with Crippen molar-refractivity contribution in [2.45, 2.75) is 6.23 Å². The lowest BCUT2D eigenvalue weighted by atomic mass is 10.2. The number of nitrogens with zero attached hydrogens (tertiary/aromatic N) is 1. The molecule has 0 saturated carbocycles. The normalized spacial score (nSPS) is 11.7. The lowest BCUT2D eigenvalue weighted by molar-refractivity contribution is -0.597. The molecule has 1 N–H and O–H groups in total. The van der Waals surface area contributed by atoms with Crippen LogP contribution < -0.4 is 5.64 Å². The molecule has 0 fully saturated rings. The lowest BCUT2D eigenvalue weighted by Gasteiger charge is -2.08. The third-order valence-corrected chi connectivity index (χ3v) is 1.53. The van der Waals surface area contributed by atoms with Crippen molar-refractivity contribution < 1.29 is 19.4 Å². The Morgan fingerprint density at radius 3 is 2.60 bits per heavy atom. The Kier molecular flexibility index (Phi) is 4.20. The second-order valence-corrected chi connectivity index (χ2v) is 2.46. The van der Waals surface area contributed by atoms with Crippen molar-refractivity contribution in [1.29, 1.82) is 0 Å². The maximum Gasteiger partial charge on any atom is 0.359 e. The molecule has 0 bridgehead atoms. The van der Waals surface area contributed by atoms with Gasteiger partial charge >= 0.3 is 12.7 Å². The summed E-state index contributed by atoms with van der Waals surface area (Å²) in [4.78, 5) is 28.2. The molecule has 0 aliphatic heterocycles. The van der Waals surface area contributed by atoms with Gasteiger partial charge in [0.05, 0.1) is 10.5 Å². The van der Waals surface area contributed by atoms with Crippen molar-refractivity contribution in [2.75, 3.05) is 0 Å². The third kappa shape index (κ3) is 3.33. The quantitative estimate of drug-likeness (QED) is 0.244. The van der Waals surface area contributed by atoms with Crippen LogP contribution in [0.3, 0.4) is 0 Å². The Balaban J connectivity index is 2.66. The van der Waals surface area contributed by atoms with Gasteiger partial charge in [0.15, 0.2) is 0 Å². The first-order valence-electron chi connectivity index (χ1n) is 3.94. The van der Waals surface area contributed by atoms with E-state index in [4.69, 9.17) is 0 Å². The molecular formula is C8H8N2O5. The van der Waals surface area contributed by atoms with Crippen molar-refractivity contribution in [3.05, 3.63) is 46.0 Å². The topological polar surface area (TPSA) is 90.7 Å². The van der Waals surface area contributed by atoms with Gasteiger partial charge in [0.25, 0.3) is 0 Å². The molecule has 0 aromatic heterocycles. The highest BCUT2D eigenvalue weighted by molar-refractivity contribution is 5.36. The number of carbonyl (C=O) groups excluding carboxylic acids is 1. The standard InChI is InChI=1S/C8H8N2O5/c11-6-14-9-15-8(10(12)13)7-4-2-1-3-5-7/h1-6,8-9H. The Hall–Kier alpha value is -1.99. The van der Waals surface area contributed by atoms with Crippen LogP contribution in [0.5, 0.6) is 0 Å². The average Bonchev–Trinajstić information content (AvgIpc) is 2.25. The zero-order valence-electron chi connectivity index (χ0n) is 7.53. The van der Waals surface area contributed by atoms with Gasteiger partial charge < -0.3 is 4.84 Å². The minimum absolute atomic E-state index is 0.0575. The van der Waals surface area contributed by atoms with Gasteiger partial charge in [-0.25, -0.2) is 0 Å². The predicted octanol–water partition coefficient (Wildman–Crippen LogP) is 0.571. The number of rotatable bonds is 6. The SMILES string of the molecule is O=CONOC(c1ccccc1)[N+](=O)[O-]. The second-order valence-electron chi connectivity index (χ2n) is 2.46. The summed E-state index contributed by atoms with van der Waals surface area (Å²) in [6.07, 6.45) is -1.42. The second kappa shape index (κ2) is 5.68. The van der Waals surface area contributed by atoms with E-state index in [9.17, 15) is 14.9 Å². The van der Waals surface area contributed by atoms with Crippen LogP contribution in [0.1, 0.15) is 11.8 Å². The highest BCUT2D eigenvalue weighted by atomic mass is 16.9. The largest absolute Gasteiger partial charge is 0.359 e. The summed E-state index contributed by atoms with van der Waals surface area (Å²) >= 11 is 0. The predicted molar refractivity (Wildman–Crippen MR) is 47.5 cm³/mol. The van der Waals surface area contributed by atoms with E-state index in [0.29, 0.717) is 5.56 Å². The summed E-state index contributed by atoms with van der Waals surface area (Å²) in [6, 6.07) is 8.04. The number of hydrogen-bond acceptors (Lipinski definition) is 6. The Morgan fingerprint density at radius 1 is 1.40 bits per heavy atom. The monoisotopic (exact) mass is 212 g/mol. The number of nitro groups is 1. The van der Waals surface area contributed by atoms with Crippen LogP contribution in [-0.2, 0) is 14.5 Å². The van der Waals surface area contributed by atoms with Crippen molar-refractivity contribution in [3.8, 4) is 0 Å². The van der Waals surface area contributed by atoms with Gasteiger partial charge in [-0.05, 0) is 17.8 Å². The van der Waals surface area contributed by atoms with Crippen LogP contribution in [0, 0.1) is 10.1 Å². The zero-order chi connectivity index (χ0) is 11.1. The van der Waals surface area contributed by atoms with E-state index in [1.54, 1.807) is 23.8 Å². The zero-order valence-corrected chi connectivity index (χ0v) is 7.53. The summed E-state index contributed by atoms with van der Waals surface area (Å²) in [7, 11) is 0. The molecule has 1 atom stereocenters. The van der Waals surface area contributed by atoms with Gasteiger partial charge in [0, 0.05) is 0 Å². The van der Waals surface area contributed by atoms with Gasteiger partial charge in [-0.15, -0.1) is 0 Å². The summed E-state index contributed by atoms with van der Waals surface area (Å²) < 4.78 is 0. The molecular weight excluding hydrogens is 204 g/mol. The van der Waals surface area contributed by atoms with Crippen molar-refractivity contribution in [1.82, 2.24) is 5.64 Å². The Labute approximate surface area is 84.7 Å². The molecule has 1 aromatic carbocycles. The van der Waals surface area contributed by atoms with E-state index in [0.717, 1.165) is 0 Å². The molecule has 7 nitrogen and oxygen atoms in total. The van der Waals surface area contributed by atoms with Crippen LogP contribution >= 0.6 is 0 Å². The molecule has 0 heterocycles. The molecule has 0 radical (unpaired) electrons. The number of benzene rings is 1. The highest BCUT2D eigenvalue weighted by Gasteiger charge is 2.23. The minimum atomic E-state index is -1.42. The van der Waals surface area contributed by atoms with Crippen molar-refractivity contribution in [2.24, 2.45) is 0 Å². The van der Waals surface area contributed by atoms with Crippen LogP contribution in [0.2, 0.25) is 0 Å². The van der Waals surface area contributed by atoms with Crippen LogP contribution in [0.25, 0.3) is 0 Å². The van der Waals surface area contributed by atoms with E-state index in [2.05, 4.69) is 9.68 Å². The average molecular weight is 212 g/mol. The molecule has 15 heavy (non-hydrogen) atoms. The van der Waals surface area contributed by atoms with Crippen LogP contribution in [-0.4, -0.2) is 11.4 Å². The van der Waals surface area contributed by atoms with Crippen LogP contribution in [0.4, 0.5) is 0 Å². The summed E-state index contributed by atoms with van der Waals surface area (Å²) in [6.45, 7) is 0.0575. The van der Waals surface area contributed by atoms with Crippen molar-refractivity contribution in [3.63, 3.8) is 0 Å². The molecule has 0 aliphatic carbocycles. The molecule has 1 aromatic rings. The van der Waals surface area contributed by atoms with Gasteiger partial charge in [-0.1, -0.05) is 18.2 Å². The molecule has 7 heteroatoms. The van der Waals surface area contributed by atoms with Crippen LogP contribution in [0.15, 0.2) is 30.3 Å². The summed E-state index contributed by atoms with van der Waals surface area (Å²) in [5.74, 6) is 0. The molecule has 1 unspecified atom stereocenters. The first-order chi connectivity index (χ1) is 7.25. The minimum Gasteiger partial charge on any atom is -0.348 e. The highest BCUT2D eigenvalue weighted by Crippen LogP contribution is 2.15. The molecule has 0 spiro atoms. The number of hydrogen-bond donors (Lipinski definition) is 1. The summed E-state index contributed by atoms with van der Waals surface area (Å²) in [5, 5.41) is 10.6. The molecule has 0 saturated heterocycles. The summed E-state index contributed by atoms with van der Waals surface area (Å²) in [5.41, 5.74) is 2.04. The van der Waals surface area contributed by atoms with Gasteiger partial charge in [0.1, 0.15) is 0 Å². The van der Waals surface area contributed by atoms with E-state index < -0.39 is 11.2 Å². The third-order valence-electron chi connectivity index (χ3n) is 1.53. The van der Waals surface area contributed by atoms with E-state index >= 15 is 0 Å². The first-order valence-corrected chi connectivity index (χ1v) is 3.94. The lowest BCUT2D eigenvalue weighted by Crippen LogP contribution is -2.23. The Bertz CT molecular complexity index is 329. The van der Waals surface area contributed by atoms with E-state index in [1.807, 2.05) is 0 Å². The van der Waals surface area contributed by atoms with Crippen molar-refractivity contribution >= 4 is 6.47 Å². The molecule has 0 aliphatic rings. The maximum atomic E-state index is 10.6. The molecule has 80 valence electrons. The number of carbonyl (C=O) groups is 1. The van der Waals surface area contributed by atoms with Gasteiger partial charge in [-0.3, -0.25) is 14.9 Å². The number of nitrogens with one attached hydrogen (secondary N) is 1. The van der Waals surface area contributed by atoms with Gasteiger partial charge in [0.2, 0.25) is 0 Å².